The first-order chi connectivity index (χ1) is 8.47. The SMILES string of the molecule is COC(=O)CCN(C)c1cccc(Cl)c1[N+](=O)[O-]. The normalized spacial score (nSPS) is 9.94. The first kappa shape index (κ1) is 14.2. The van der Waals surface area contributed by atoms with Crippen LogP contribution in [0.1, 0.15) is 6.42 Å². The van der Waals surface area contributed by atoms with Gasteiger partial charge in [-0.2, -0.15) is 0 Å². The summed E-state index contributed by atoms with van der Waals surface area (Å²) in [5.41, 5.74) is 0.211. The van der Waals surface area contributed by atoms with E-state index in [2.05, 4.69) is 4.74 Å². The number of carbonyl (C=O) groups excluding carboxylic acids is 1. The Morgan fingerprint density at radius 3 is 2.78 bits per heavy atom. The van der Waals surface area contributed by atoms with Gasteiger partial charge in [0.1, 0.15) is 10.7 Å². The Morgan fingerprint density at radius 2 is 2.22 bits per heavy atom. The van der Waals surface area contributed by atoms with Gasteiger partial charge in [-0.05, 0) is 12.1 Å². The van der Waals surface area contributed by atoms with E-state index >= 15 is 0 Å². The lowest BCUT2D eigenvalue weighted by molar-refractivity contribution is -0.384. The number of esters is 1. The largest absolute Gasteiger partial charge is 0.469 e. The van der Waals surface area contributed by atoms with Crippen LogP contribution >= 0.6 is 11.6 Å². The molecule has 0 spiro atoms. The minimum absolute atomic E-state index is 0.0717. The predicted octanol–water partition coefficient (Wildman–Crippen LogP) is 2.25. The van der Waals surface area contributed by atoms with Crippen molar-refractivity contribution in [2.45, 2.75) is 6.42 Å². The molecule has 18 heavy (non-hydrogen) atoms. The molecule has 1 aromatic carbocycles. The smallest absolute Gasteiger partial charge is 0.310 e. The number of nitrogens with zero attached hydrogens (tertiary/aromatic N) is 2. The number of ether oxygens (including phenoxy) is 1. The summed E-state index contributed by atoms with van der Waals surface area (Å²) < 4.78 is 4.51. The Morgan fingerprint density at radius 1 is 1.56 bits per heavy atom. The number of hydrogen-bond donors (Lipinski definition) is 0. The average molecular weight is 273 g/mol. The van der Waals surface area contributed by atoms with Crippen molar-refractivity contribution in [2.24, 2.45) is 0 Å². The Bertz CT molecular complexity index is 464. The monoisotopic (exact) mass is 272 g/mol. The van der Waals surface area contributed by atoms with Gasteiger partial charge in [-0.3, -0.25) is 14.9 Å². The molecule has 0 radical (unpaired) electrons. The van der Waals surface area contributed by atoms with Gasteiger partial charge in [-0.25, -0.2) is 0 Å². The van der Waals surface area contributed by atoms with Gasteiger partial charge in [0.25, 0.3) is 0 Å². The Balaban J connectivity index is 2.92. The molecule has 0 bridgehead atoms. The number of rotatable bonds is 5. The van der Waals surface area contributed by atoms with E-state index in [1.165, 1.54) is 13.2 Å². The summed E-state index contributed by atoms with van der Waals surface area (Å²) in [6.07, 6.45) is 0.149. The zero-order chi connectivity index (χ0) is 13.7. The summed E-state index contributed by atoms with van der Waals surface area (Å²) in [6, 6.07) is 4.66. The molecule has 0 atom stereocenters. The van der Waals surface area contributed by atoms with Crippen molar-refractivity contribution in [2.75, 3.05) is 25.6 Å². The first-order valence-electron chi connectivity index (χ1n) is 5.18. The van der Waals surface area contributed by atoms with Crippen molar-refractivity contribution < 1.29 is 14.5 Å². The van der Waals surface area contributed by atoms with E-state index in [0.717, 1.165) is 0 Å². The van der Waals surface area contributed by atoms with Crippen LogP contribution in [0.3, 0.4) is 0 Å². The molecule has 1 rings (SSSR count). The molecule has 1 aromatic rings. The minimum atomic E-state index is -0.535. The highest BCUT2D eigenvalue weighted by molar-refractivity contribution is 6.33. The van der Waals surface area contributed by atoms with Crippen molar-refractivity contribution in [3.8, 4) is 0 Å². The van der Waals surface area contributed by atoms with Crippen LogP contribution < -0.4 is 4.90 Å². The number of para-hydroxylation sites is 1. The summed E-state index contributed by atoms with van der Waals surface area (Å²) >= 11 is 5.80. The van der Waals surface area contributed by atoms with Crippen LogP contribution in [0.5, 0.6) is 0 Å². The van der Waals surface area contributed by atoms with Crippen molar-refractivity contribution in [1.82, 2.24) is 0 Å². The zero-order valence-corrected chi connectivity index (χ0v) is 10.8. The second-order valence-electron chi connectivity index (χ2n) is 3.61. The van der Waals surface area contributed by atoms with Gasteiger partial charge in [0, 0.05) is 13.6 Å². The number of carbonyl (C=O) groups is 1. The third kappa shape index (κ3) is 3.33. The van der Waals surface area contributed by atoms with Gasteiger partial charge < -0.3 is 9.64 Å². The van der Waals surface area contributed by atoms with Gasteiger partial charge >= 0.3 is 11.7 Å². The van der Waals surface area contributed by atoms with Gasteiger partial charge in [0.2, 0.25) is 0 Å². The molecule has 0 aliphatic heterocycles. The van der Waals surface area contributed by atoms with Crippen LogP contribution in [0.2, 0.25) is 5.02 Å². The van der Waals surface area contributed by atoms with E-state index in [4.69, 9.17) is 11.6 Å². The molecule has 0 unspecified atom stereocenters. The van der Waals surface area contributed by atoms with Gasteiger partial charge in [-0.1, -0.05) is 17.7 Å². The maximum absolute atomic E-state index is 11.0. The van der Waals surface area contributed by atoms with Crippen molar-refractivity contribution in [3.05, 3.63) is 33.3 Å². The number of benzene rings is 1. The molecule has 7 heteroatoms. The van der Waals surface area contributed by atoms with E-state index in [1.807, 2.05) is 0 Å². The van der Waals surface area contributed by atoms with E-state index in [9.17, 15) is 14.9 Å². The maximum Gasteiger partial charge on any atom is 0.310 e. The number of anilines is 1. The average Bonchev–Trinajstić information content (AvgIpc) is 2.34. The number of nitro groups is 1. The number of methoxy groups -OCH3 is 1. The third-order valence-corrected chi connectivity index (χ3v) is 2.74. The molecular weight excluding hydrogens is 260 g/mol. The van der Waals surface area contributed by atoms with Crippen LogP contribution in [-0.2, 0) is 9.53 Å². The fraction of sp³-hybridized carbons (Fsp3) is 0.364. The Kier molecular flexibility index (Phi) is 4.91. The minimum Gasteiger partial charge on any atom is -0.469 e. The molecule has 0 fully saturated rings. The molecule has 0 aromatic heterocycles. The second-order valence-corrected chi connectivity index (χ2v) is 4.02. The molecule has 0 heterocycles. The molecule has 0 aliphatic rings. The Labute approximate surface area is 109 Å². The number of hydrogen-bond acceptors (Lipinski definition) is 5. The van der Waals surface area contributed by atoms with Gasteiger partial charge in [0.15, 0.2) is 0 Å². The molecule has 0 amide bonds. The summed E-state index contributed by atoms with van der Waals surface area (Å²) in [7, 11) is 2.95. The Hall–Kier alpha value is -1.82. The van der Waals surface area contributed by atoms with Crippen LogP contribution in [-0.4, -0.2) is 31.6 Å². The highest BCUT2D eigenvalue weighted by Crippen LogP contribution is 2.34. The fourth-order valence-electron chi connectivity index (χ4n) is 1.47. The van der Waals surface area contributed by atoms with Crippen LogP contribution in [0.15, 0.2) is 18.2 Å². The lowest BCUT2D eigenvalue weighted by Gasteiger charge is -2.18. The van der Waals surface area contributed by atoms with Crippen LogP contribution in [0, 0.1) is 10.1 Å². The van der Waals surface area contributed by atoms with E-state index in [-0.39, 0.29) is 23.1 Å². The molecule has 0 N–H and O–H groups in total. The molecule has 98 valence electrons. The van der Waals surface area contributed by atoms with E-state index in [0.29, 0.717) is 12.2 Å². The molecule has 6 nitrogen and oxygen atoms in total. The number of nitro benzene ring substituents is 1. The van der Waals surface area contributed by atoms with Gasteiger partial charge in [-0.15, -0.1) is 0 Å². The van der Waals surface area contributed by atoms with Gasteiger partial charge in [0.05, 0.1) is 18.5 Å². The summed E-state index contributed by atoms with van der Waals surface area (Å²) in [6.45, 7) is 0.313. The maximum atomic E-state index is 11.0. The summed E-state index contributed by atoms with van der Waals surface area (Å²) in [5.74, 6) is -0.369. The predicted molar refractivity (Wildman–Crippen MR) is 68.0 cm³/mol. The quantitative estimate of drug-likeness (QED) is 0.467. The molecular formula is C11H13ClN2O4. The highest BCUT2D eigenvalue weighted by Gasteiger charge is 2.21. The lowest BCUT2D eigenvalue weighted by Crippen LogP contribution is -2.22. The second kappa shape index (κ2) is 6.20. The van der Waals surface area contributed by atoms with Crippen LogP contribution in [0.25, 0.3) is 0 Å². The van der Waals surface area contributed by atoms with Crippen LogP contribution in [0.4, 0.5) is 11.4 Å². The molecule has 0 aliphatic carbocycles. The van der Waals surface area contributed by atoms with Crippen molar-refractivity contribution in [1.29, 1.82) is 0 Å². The zero-order valence-electron chi connectivity index (χ0n) is 10.1. The molecule has 0 saturated heterocycles. The van der Waals surface area contributed by atoms with E-state index in [1.54, 1.807) is 24.1 Å². The third-order valence-electron chi connectivity index (χ3n) is 2.44. The lowest BCUT2D eigenvalue weighted by atomic mass is 10.2. The summed E-state index contributed by atoms with van der Waals surface area (Å²) in [5, 5.41) is 11.0. The topological polar surface area (TPSA) is 72.7 Å². The standard InChI is InChI=1S/C11H13ClN2O4/c1-13(7-6-10(15)18-2)9-5-3-4-8(12)11(9)14(16)17/h3-5H,6-7H2,1-2H3. The first-order valence-corrected chi connectivity index (χ1v) is 5.56. The number of halogens is 1. The van der Waals surface area contributed by atoms with Crippen molar-refractivity contribution >= 4 is 28.9 Å². The van der Waals surface area contributed by atoms with Crippen molar-refractivity contribution in [3.63, 3.8) is 0 Å². The van der Waals surface area contributed by atoms with E-state index < -0.39 is 4.92 Å². The highest BCUT2D eigenvalue weighted by atomic mass is 35.5. The summed E-state index contributed by atoms with van der Waals surface area (Å²) in [4.78, 5) is 23.0. The molecule has 0 saturated carbocycles. The fourth-order valence-corrected chi connectivity index (χ4v) is 1.71.